The van der Waals surface area contributed by atoms with Gasteiger partial charge < -0.3 is 0 Å². The Kier molecular flexibility index (Phi) is 3.08. The molecule has 0 N–H and O–H groups in total. The number of halogens is 1. The van der Waals surface area contributed by atoms with Gasteiger partial charge in [0.15, 0.2) is 0 Å². The summed E-state index contributed by atoms with van der Waals surface area (Å²) in [6.07, 6.45) is 7.04. The van der Waals surface area contributed by atoms with Crippen molar-refractivity contribution in [3.05, 3.63) is 58.1 Å². The van der Waals surface area contributed by atoms with E-state index in [2.05, 4.69) is 65.3 Å². The summed E-state index contributed by atoms with van der Waals surface area (Å²) < 4.78 is 1.23. The van der Waals surface area contributed by atoms with Crippen molar-refractivity contribution in [1.82, 2.24) is 0 Å². The molecule has 118 valence electrons. The molecule has 0 aromatic heterocycles. The molecule has 0 nitrogen and oxygen atoms in total. The lowest BCUT2D eigenvalue weighted by molar-refractivity contribution is 0.0855. The van der Waals surface area contributed by atoms with Crippen molar-refractivity contribution in [2.24, 2.45) is 17.8 Å². The number of hydrogen-bond donors (Lipinski definition) is 0. The highest BCUT2D eigenvalue weighted by molar-refractivity contribution is 9.10. The van der Waals surface area contributed by atoms with Crippen LogP contribution in [0.4, 0.5) is 0 Å². The van der Waals surface area contributed by atoms with Crippen LogP contribution in [0.2, 0.25) is 0 Å². The summed E-state index contributed by atoms with van der Waals surface area (Å²) >= 11 is 3.74. The first-order valence-corrected chi connectivity index (χ1v) is 9.87. The second-order valence-electron chi connectivity index (χ2n) is 8.12. The van der Waals surface area contributed by atoms with Crippen molar-refractivity contribution < 1.29 is 0 Å². The maximum absolute atomic E-state index is 3.74. The molecule has 0 aliphatic heterocycles. The van der Waals surface area contributed by atoms with Crippen LogP contribution in [0.15, 0.2) is 46.9 Å². The molecule has 1 spiro atoms. The normalized spacial score (nSPS) is 34.3. The Balaban J connectivity index is 1.77. The molecule has 2 bridgehead atoms. The second kappa shape index (κ2) is 4.96. The zero-order valence-corrected chi connectivity index (χ0v) is 15.3. The molecule has 2 aromatic carbocycles. The van der Waals surface area contributed by atoms with Gasteiger partial charge in [-0.25, -0.2) is 0 Å². The molecule has 3 aliphatic rings. The Morgan fingerprint density at radius 2 is 1.78 bits per heavy atom. The van der Waals surface area contributed by atoms with E-state index in [0.717, 1.165) is 17.8 Å². The molecule has 0 heterocycles. The van der Waals surface area contributed by atoms with Gasteiger partial charge in [0.05, 0.1) is 0 Å². The SMILES string of the molecule is CC1CC2CCC3(c4ccccc4-c4ccc(Br)cc43)C(C1)C2. The smallest absolute Gasteiger partial charge is 0.0244 e. The first-order valence-electron chi connectivity index (χ1n) is 9.08. The third-order valence-corrected chi connectivity index (χ3v) is 7.34. The Hall–Kier alpha value is -1.08. The Labute approximate surface area is 147 Å². The van der Waals surface area contributed by atoms with Gasteiger partial charge in [-0.3, -0.25) is 0 Å². The maximum Gasteiger partial charge on any atom is 0.0244 e. The van der Waals surface area contributed by atoms with E-state index in [1.54, 1.807) is 11.1 Å². The van der Waals surface area contributed by atoms with E-state index in [4.69, 9.17) is 0 Å². The Morgan fingerprint density at radius 1 is 0.957 bits per heavy atom. The van der Waals surface area contributed by atoms with Gasteiger partial charge in [0, 0.05) is 9.89 Å². The first-order chi connectivity index (χ1) is 11.2. The number of hydrogen-bond acceptors (Lipinski definition) is 0. The number of fused-ring (bicyclic) bond motifs is 8. The van der Waals surface area contributed by atoms with Gasteiger partial charge in [-0.2, -0.15) is 0 Å². The molecule has 2 fully saturated rings. The van der Waals surface area contributed by atoms with Crippen LogP contribution in [0.25, 0.3) is 11.1 Å². The molecule has 3 aliphatic carbocycles. The summed E-state index contributed by atoms with van der Waals surface area (Å²) in [7, 11) is 0. The van der Waals surface area contributed by atoms with E-state index in [0.29, 0.717) is 0 Å². The van der Waals surface area contributed by atoms with E-state index >= 15 is 0 Å². The molecule has 0 radical (unpaired) electrons. The summed E-state index contributed by atoms with van der Waals surface area (Å²) in [6, 6.07) is 16.2. The van der Waals surface area contributed by atoms with Crippen LogP contribution in [0.1, 0.15) is 50.2 Å². The molecular weight excluding hydrogens is 344 g/mol. The van der Waals surface area contributed by atoms with Gasteiger partial charge >= 0.3 is 0 Å². The van der Waals surface area contributed by atoms with Crippen molar-refractivity contribution in [1.29, 1.82) is 0 Å². The molecule has 0 saturated heterocycles. The largest absolute Gasteiger partial charge is 0.0625 e. The highest BCUT2D eigenvalue weighted by Gasteiger charge is 2.52. The van der Waals surface area contributed by atoms with Gasteiger partial charge in [-0.1, -0.05) is 53.2 Å². The van der Waals surface area contributed by atoms with Crippen molar-refractivity contribution in [3.8, 4) is 11.1 Å². The number of benzene rings is 2. The Morgan fingerprint density at radius 3 is 2.70 bits per heavy atom. The van der Waals surface area contributed by atoms with Crippen LogP contribution in [-0.2, 0) is 5.41 Å². The quantitative estimate of drug-likeness (QED) is 0.494. The summed E-state index contributed by atoms with van der Waals surface area (Å²) in [5.41, 5.74) is 6.48. The predicted octanol–water partition coefficient (Wildman–Crippen LogP) is 6.56. The molecule has 0 amide bonds. The van der Waals surface area contributed by atoms with E-state index < -0.39 is 0 Å². The average Bonchev–Trinajstić information content (AvgIpc) is 2.82. The fraction of sp³-hybridized carbons (Fsp3) is 0.455. The molecule has 2 aromatic rings. The van der Waals surface area contributed by atoms with Gasteiger partial charge in [0.2, 0.25) is 0 Å². The third kappa shape index (κ3) is 1.89. The molecule has 4 unspecified atom stereocenters. The van der Waals surface area contributed by atoms with Gasteiger partial charge in [-0.05, 0) is 84.2 Å². The zero-order valence-electron chi connectivity index (χ0n) is 13.7. The van der Waals surface area contributed by atoms with E-state index in [-0.39, 0.29) is 5.41 Å². The van der Waals surface area contributed by atoms with Crippen LogP contribution in [0.3, 0.4) is 0 Å². The third-order valence-electron chi connectivity index (χ3n) is 6.84. The van der Waals surface area contributed by atoms with Crippen LogP contribution in [-0.4, -0.2) is 0 Å². The fourth-order valence-electron chi connectivity index (χ4n) is 6.10. The van der Waals surface area contributed by atoms with Crippen LogP contribution < -0.4 is 0 Å². The van der Waals surface area contributed by atoms with Crippen molar-refractivity contribution in [2.75, 3.05) is 0 Å². The maximum atomic E-state index is 3.74. The second-order valence-corrected chi connectivity index (χ2v) is 9.04. The van der Waals surface area contributed by atoms with E-state index in [1.807, 2.05) is 0 Å². The topological polar surface area (TPSA) is 0 Å². The van der Waals surface area contributed by atoms with Crippen molar-refractivity contribution in [3.63, 3.8) is 0 Å². The first kappa shape index (κ1) is 14.3. The molecule has 2 saturated carbocycles. The van der Waals surface area contributed by atoms with E-state index in [1.165, 1.54) is 47.7 Å². The highest BCUT2D eigenvalue weighted by Crippen LogP contribution is 2.62. The predicted molar refractivity (Wildman–Crippen MR) is 99.6 cm³/mol. The lowest BCUT2D eigenvalue weighted by atomic mass is 9.53. The lowest BCUT2D eigenvalue weighted by Gasteiger charge is -2.50. The number of rotatable bonds is 0. The highest BCUT2D eigenvalue weighted by atomic mass is 79.9. The van der Waals surface area contributed by atoms with Crippen LogP contribution in [0, 0.1) is 17.8 Å². The average molecular weight is 367 g/mol. The van der Waals surface area contributed by atoms with Gasteiger partial charge in [-0.15, -0.1) is 0 Å². The zero-order chi connectivity index (χ0) is 15.6. The standard InChI is InChI=1S/C22H23Br/c1-14-10-15-8-9-22(16(11-14)12-15)20-5-3-2-4-18(20)19-7-6-17(23)13-21(19)22/h2-7,13-16H,8-12H2,1H3. The molecule has 4 atom stereocenters. The van der Waals surface area contributed by atoms with E-state index in [9.17, 15) is 0 Å². The van der Waals surface area contributed by atoms with Crippen LogP contribution in [0.5, 0.6) is 0 Å². The Bertz CT molecular complexity index is 775. The van der Waals surface area contributed by atoms with Crippen molar-refractivity contribution >= 4 is 15.9 Å². The fourth-order valence-corrected chi connectivity index (χ4v) is 6.46. The van der Waals surface area contributed by atoms with Crippen molar-refractivity contribution in [2.45, 2.75) is 44.4 Å². The summed E-state index contributed by atoms with van der Waals surface area (Å²) in [4.78, 5) is 0. The summed E-state index contributed by atoms with van der Waals surface area (Å²) in [5, 5.41) is 0. The minimum absolute atomic E-state index is 0.279. The van der Waals surface area contributed by atoms with Gasteiger partial charge in [0.1, 0.15) is 0 Å². The molecular formula is C22H23Br. The summed E-state index contributed by atoms with van der Waals surface area (Å²) in [5.74, 6) is 2.68. The monoisotopic (exact) mass is 366 g/mol. The van der Waals surface area contributed by atoms with Gasteiger partial charge in [0.25, 0.3) is 0 Å². The molecule has 5 rings (SSSR count). The molecule has 1 heteroatoms. The minimum atomic E-state index is 0.279. The minimum Gasteiger partial charge on any atom is -0.0625 e. The molecule has 23 heavy (non-hydrogen) atoms. The summed E-state index contributed by atoms with van der Waals surface area (Å²) in [6.45, 7) is 2.47. The van der Waals surface area contributed by atoms with Crippen LogP contribution >= 0.6 is 15.9 Å². The lowest BCUT2D eigenvalue weighted by Crippen LogP contribution is -2.44.